The van der Waals surface area contributed by atoms with E-state index >= 15 is 0 Å². The molecular formula is C12H14N4. The van der Waals surface area contributed by atoms with Gasteiger partial charge in [0.15, 0.2) is 5.82 Å². The van der Waals surface area contributed by atoms with E-state index in [4.69, 9.17) is 5.73 Å². The molecule has 0 saturated carbocycles. The molecule has 0 spiro atoms. The smallest absolute Gasteiger partial charge is 0.155 e. The van der Waals surface area contributed by atoms with Crippen LogP contribution >= 0.6 is 0 Å². The van der Waals surface area contributed by atoms with E-state index in [2.05, 4.69) is 22.1 Å². The van der Waals surface area contributed by atoms with Gasteiger partial charge < -0.3 is 10.6 Å². The maximum atomic E-state index is 5.81. The van der Waals surface area contributed by atoms with Gasteiger partial charge in [0, 0.05) is 13.6 Å². The van der Waals surface area contributed by atoms with Crippen molar-refractivity contribution in [2.75, 3.05) is 17.7 Å². The molecule has 1 aromatic heterocycles. The van der Waals surface area contributed by atoms with E-state index in [1.54, 1.807) is 6.20 Å². The molecule has 0 aliphatic carbocycles. The molecule has 0 bridgehead atoms. The van der Waals surface area contributed by atoms with E-state index in [0.717, 1.165) is 12.4 Å². The first-order valence-electron chi connectivity index (χ1n) is 5.08. The maximum Gasteiger partial charge on any atom is 0.155 e. The minimum Gasteiger partial charge on any atom is -0.394 e. The molecule has 82 valence electrons. The Labute approximate surface area is 94.8 Å². The van der Waals surface area contributed by atoms with Gasteiger partial charge in [0.05, 0.1) is 11.9 Å². The van der Waals surface area contributed by atoms with Gasteiger partial charge in [0.1, 0.15) is 6.33 Å². The van der Waals surface area contributed by atoms with Gasteiger partial charge in [-0.1, -0.05) is 30.3 Å². The van der Waals surface area contributed by atoms with Gasteiger partial charge in [0.2, 0.25) is 0 Å². The highest BCUT2D eigenvalue weighted by molar-refractivity contribution is 5.60. The summed E-state index contributed by atoms with van der Waals surface area (Å²) < 4.78 is 0. The second-order valence-corrected chi connectivity index (χ2v) is 3.64. The normalized spacial score (nSPS) is 10.1. The summed E-state index contributed by atoms with van der Waals surface area (Å²) in [4.78, 5) is 10.0. The Hall–Kier alpha value is -2.10. The molecule has 0 aliphatic rings. The Kier molecular flexibility index (Phi) is 3.00. The van der Waals surface area contributed by atoms with Crippen LogP contribution in [-0.4, -0.2) is 17.0 Å². The lowest BCUT2D eigenvalue weighted by atomic mass is 10.2. The van der Waals surface area contributed by atoms with Gasteiger partial charge in [-0.05, 0) is 5.56 Å². The van der Waals surface area contributed by atoms with Crippen molar-refractivity contribution >= 4 is 11.5 Å². The number of hydrogen-bond donors (Lipinski definition) is 1. The zero-order chi connectivity index (χ0) is 11.4. The Morgan fingerprint density at radius 1 is 1.25 bits per heavy atom. The summed E-state index contributed by atoms with van der Waals surface area (Å²) in [6.45, 7) is 0.780. The molecular weight excluding hydrogens is 200 g/mol. The second kappa shape index (κ2) is 4.61. The first-order valence-corrected chi connectivity index (χ1v) is 5.08. The summed E-state index contributed by atoms with van der Waals surface area (Å²) in [7, 11) is 1.96. The molecule has 1 heterocycles. The highest BCUT2D eigenvalue weighted by Crippen LogP contribution is 2.18. The predicted octanol–water partition coefficient (Wildman–Crippen LogP) is 1.70. The van der Waals surface area contributed by atoms with Crippen LogP contribution in [-0.2, 0) is 6.54 Å². The minimum atomic E-state index is 0.598. The highest BCUT2D eigenvalue weighted by atomic mass is 15.2. The summed E-state index contributed by atoms with van der Waals surface area (Å²) in [5, 5.41) is 0. The van der Waals surface area contributed by atoms with Crippen molar-refractivity contribution in [1.82, 2.24) is 9.97 Å². The topological polar surface area (TPSA) is 55.0 Å². The molecule has 16 heavy (non-hydrogen) atoms. The van der Waals surface area contributed by atoms with Crippen LogP contribution < -0.4 is 10.6 Å². The summed E-state index contributed by atoms with van der Waals surface area (Å²) in [6.07, 6.45) is 3.12. The largest absolute Gasteiger partial charge is 0.394 e. The lowest BCUT2D eigenvalue weighted by Crippen LogP contribution is -2.19. The van der Waals surface area contributed by atoms with E-state index in [9.17, 15) is 0 Å². The molecule has 4 heteroatoms. The molecule has 4 nitrogen and oxygen atoms in total. The zero-order valence-electron chi connectivity index (χ0n) is 9.17. The van der Waals surface area contributed by atoms with Gasteiger partial charge >= 0.3 is 0 Å². The average Bonchev–Trinajstić information content (AvgIpc) is 2.31. The molecule has 0 amide bonds. The van der Waals surface area contributed by atoms with Crippen molar-refractivity contribution in [2.24, 2.45) is 0 Å². The van der Waals surface area contributed by atoms with Crippen molar-refractivity contribution in [3.63, 3.8) is 0 Å². The fourth-order valence-electron chi connectivity index (χ4n) is 1.59. The molecule has 0 radical (unpaired) electrons. The van der Waals surface area contributed by atoms with E-state index in [-0.39, 0.29) is 0 Å². The first kappa shape index (κ1) is 10.4. The highest BCUT2D eigenvalue weighted by Gasteiger charge is 2.06. The van der Waals surface area contributed by atoms with Gasteiger partial charge in [-0.3, -0.25) is 0 Å². The van der Waals surface area contributed by atoms with E-state index < -0.39 is 0 Å². The second-order valence-electron chi connectivity index (χ2n) is 3.64. The van der Waals surface area contributed by atoms with Gasteiger partial charge in [-0.2, -0.15) is 0 Å². The number of benzene rings is 1. The average molecular weight is 214 g/mol. The van der Waals surface area contributed by atoms with Crippen LogP contribution in [0.3, 0.4) is 0 Å². The number of aromatic nitrogens is 2. The number of nitrogens with two attached hydrogens (primary N) is 1. The van der Waals surface area contributed by atoms with Crippen LogP contribution in [0, 0.1) is 0 Å². The standard InChI is InChI=1S/C12H14N4/c1-16(8-10-5-3-2-4-6-10)12-11(13)7-14-9-15-12/h2-7,9H,8,13H2,1H3. The third-order valence-corrected chi connectivity index (χ3v) is 2.34. The molecule has 0 aliphatic heterocycles. The van der Waals surface area contributed by atoms with E-state index in [0.29, 0.717) is 5.69 Å². The molecule has 1 aromatic carbocycles. The SMILES string of the molecule is CN(Cc1ccccc1)c1ncncc1N. The van der Waals surface area contributed by atoms with Crippen molar-refractivity contribution < 1.29 is 0 Å². The Balaban J connectivity index is 2.15. The van der Waals surface area contributed by atoms with Crippen LogP contribution in [0.2, 0.25) is 0 Å². The number of anilines is 2. The van der Waals surface area contributed by atoms with Crippen molar-refractivity contribution in [3.8, 4) is 0 Å². The lowest BCUT2D eigenvalue weighted by molar-refractivity contribution is 0.893. The summed E-state index contributed by atoms with van der Waals surface area (Å²) in [5.41, 5.74) is 7.63. The lowest BCUT2D eigenvalue weighted by Gasteiger charge is -2.19. The van der Waals surface area contributed by atoms with Crippen molar-refractivity contribution in [3.05, 3.63) is 48.4 Å². The molecule has 0 fully saturated rings. The monoisotopic (exact) mass is 214 g/mol. The van der Waals surface area contributed by atoms with Gasteiger partial charge in [-0.25, -0.2) is 9.97 Å². The summed E-state index contributed by atoms with van der Waals surface area (Å²) >= 11 is 0. The third kappa shape index (κ3) is 2.28. The molecule has 0 atom stereocenters. The van der Waals surface area contributed by atoms with Crippen LogP contribution in [0.15, 0.2) is 42.9 Å². The Bertz CT molecular complexity index is 456. The summed E-state index contributed by atoms with van der Waals surface area (Å²) in [5.74, 6) is 0.763. The van der Waals surface area contributed by atoms with E-state index in [1.165, 1.54) is 11.9 Å². The molecule has 0 saturated heterocycles. The first-order chi connectivity index (χ1) is 7.77. The van der Waals surface area contributed by atoms with Gasteiger partial charge in [0.25, 0.3) is 0 Å². The summed E-state index contributed by atoms with van der Waals surface area (Å²) in [6, 6.07) is 10.2. The van der Waals surface area contributed by atoms with Crippen LogP contribution in [0.1, 0.15) is 5.56 Å². The minimum absolute atomic E-state index is 0.598. The third-order valence-electron chi connectivity index (χ3n) is 2.34. The molecule has 2 N–H and O–H groups in total. The number of hydrogen-bond acceptors (Lipinski definition) is 4. The maximum absolute atomic E-state index is 5.81. The number of nitrogen functional groups attached to an aromatic ring is 1. The number of rotatable bonds is 3. The Morgan fingerprint density at radius 3 is 2.69 bits per heavy atom. The molecule has 2 aromatic rings. The fourth-order valence-corrected chi connectivity index (χ4v) is 1.59. The number of nitrogens with zero attached hydrogens (tertiary/aromatic N) is 3. The predicted molar refractivity (Wildman–Crippen MR) is 65.0 cm³/mol. The van der Waals surface area contributed by atoms with Crippen LogP contribution in [0.4, 0.5) is 11.5 Å². The van der Waals surface area contributed by atoms with Gasteiger partial charge in [-0.15, -0.1) is 0 Å². The fraction of sp³-hybridized carbons (Fsp3) is 0.167. The molecule has 2 rings (SSSR count). The molecule has 0 unspecified atom stereocenters. The van der Waals surface area contributed by atoms with Crippen LogP contribution in [0.25, 0.3) is 0 Å². The Morgan fingerprint density at radius 2 is 2.00 bits per heavy atom. The van der Waals surface area contributed by atoms with E-state index in [1.807, 2.05) is 30.1 Å². The quantitative estimate of drug-likeness (QED) is 0.844. The van der Waals surface area contributed by atoms with Crippen molar-refractivity contribution in [2.45, 2.75) is 6.54 Å². The van der Waals surface area contributed by atoms with Crippen LogP contribution in [0.5, 0.6) is 0 Å². The van der Waals surface area contributed by atoms with Crippen molar-refractivity contribution in [1.29, 1.82) is 0 Å². The zero-order valence-corrected chi connectivity index (χ0v) is 9.17.